The molecule has 1 nitrogen and oxygen atoms in total. The molecule has 10 heavy (non-hydrogen) atoms. The Hall–Kier alpha value is 0.0249. The summed E-state index contributed by atoms with van der Waals surface area (Å²) in [7, 11) is 2.35. The lowest BCUT2D eigenvalue weighted by Gasteiger charge is -2.38. The average molecular weight is 138 g/mol. The lowest BCUT2D eigenvalue weighted by Crippen LogP contribution is -2.46. The summed E-state index contributed by atoms with van der Waals surface area (Å²) in [5.74, 6) is 0. The summed E-state index contributed by atoms with van der Waals surface area (Å²) in [4.78, 5) is 2.45. The highest BCUT2D eigenvalue weighted by Crippen LogP contribution is 2.18. The van der Waals surface area contributed by atoms with Gasteiger partial charge in [-0.05, 0) is 33.7 Å². The van der Waals surface area contributed by atoms with Gasteiger partial charge < -0.3 is 4.81 Å². The molecule has 1 aliphatic heterocycles. The van der Waals surface area contributed by atoms with Crippen LogP contribution in [0.25, 0.3) is 0 Å². The summed E-state index contributed by atoms with van der Waals surface area (Å²) in [6, 6.07) is 0. The van der Waals surface area contributed by atoms with Crippen molar-refractivity contribution in [2.24, 2.45) is 0 Å². The number of hydrogen-bond acceptors (Lipinski definition) is 1. The Morgan fingerprint density at radius 2 is 1.90 bits per heavy atom. The first kappa shape index (κ1) is 8.12. The van der Waals surface area contributed by atoms with Crippen LogP contribution in [0.5, 0.6) is 0 Å². The first-order chi connectivity index (χ1) is 4.61. The molecule has 0 aromatic carbocycles. The van der Waals surface area contributed by atoms with Crippen molar-refractivity contribution in [2.75, 3.05) is 6.54 Å². The molecule has 0 bridgehead atoms. The van der Waals surface area contributed by atoms with Crippen LogP contribution in [0.15, 0.2) is 0 Å². The van der Waals surface area contributed by atoms with Gasteiger partial charge in [0.2, 0.25) is 7.41 Å². The van der Waals surface area contributed by atoms with Gasteiger partial charge in [0.05, 0.1) is 0 Å². The fourth-order valence-electron chi connectivity index (χ4n) is 1.37. The minimum absolute atomic E-state index is 0.348. The quantitative estimate of drug-likeness (QED) is 0.462. The van der Waals surface area contributed by atoms with E-state index in [1.165, 1.54) is 25.7 Å². The molecule has 0 aromatic heterocycles. The van der Waals surface area contributed by atoms with E-state index in [-0.39, 0.29) is 0 Å². The zero-order valence-corrected chi connectivity index (χ0v) is 7.35. The van der Waals surface area contributed by atoms with Gasteiger partial charge in [-0.15, -0.1) is 0 Å². The Morgan fingerprint density at radius 1 is 1.20 bits per heavy atom. The third kappa shape index (κ3) is 2.01. The van der Waals surface area contributed by atoms with Crippen LogP contribution in [-0.4, -0.2) is 24.3 Å². The predicted octanol–water partition coefficient (Wildman–Crippen LogP) is 1.92. The van der Waals surface area contributed by atoms with Crippen LogP contribution >= 0.6 is 0 Å². The third-order valence-corrected chi connectivity index (χ3v) is 2.06. The predicted molar refractivity (Wildman–Crippen MR) is 46.3 cm³/mol. The molecule has 1 heterocycles. The van der Waals surface area contributed by atoms with E-state index in [2.05, 4.69) is 33.0 Å². The summed E-state index contributed by atoms with van der Waals surface area (Å²) in [6.45, 7) is 8.07. The third-order valence-electron chi connectivity index (χ3n) is 2.06. The van der Waals surface area contributed by atoms with Crippen LogP contribution in [0.2, 0.25) is 6.32 Å². The fourth-order valence-corrected chi connectivity index (χ4v) is 1.37. The van der Waals surface area contributed by atoms with E-state index in [1.54, 1.807) is 0 Å². The topological polar surface area (TPSA) is 3.24 Å². The van der Waals surface area contributed by atoms with E-state index in [9.17, 15) is 0 Å². The molecule has 0 amide bonds. The molecule has 57 valence electrons. The van der Waals surface area contributed by atoms with E-state index in [0.717, 1.165) is 0 Å². The van der Waals surface area contributed by atoms with Gasteiger partial charge in [0.1, 0.15) is 0 Å². The van der Waals surface area contributed by atoms with Crippen molar-refractivity contribution in [3.63, 3.8) is 0 Å². The summed E-state index contributed by atoms with van der Waals surface area (Å²) < 4.78 is 0. The second kappa shape index (κ2) is 2.95. The molecule has 0 spiro atoms. The molecule has 0 saturated carbocycles. The summed E-state index contributed by atoms with van der Waals surface area (Å²) in [5, 5.41) is 0. The number of rotatable bonds is 0. The standard InChI is InChI=1S/C8H17BN/c1-8(2,3)10-7-5-4-6-9-10/h4-7H2,1-3H3. The Morgan fingerprint density at radius 3 is 2.20 bits per heavy atom. The van der Waals surface area contributed by atoms with Crippen LogP contribution in [0.4, 0.5) is 0 Å². The van der Waals surface area contributed by atoms with Crippen LogP contribution < -0.4 is 0 Å². The number of nitrogens with zero attached hydrogens (tertiary/aromatic N) is 1. The lowest BCUT2D eigenvalue weighted by molar-refractivity contribution is 0.240. The van der Waals surface area contributed by atoms with Crippen molar-refractivity contribution in [2.45, 2.75) is 45.5 Å². The number of hydrogen-bond donors (Lipinski definition) is 0. The molecule has 1 fully saturated rings. The van der Waals surface area contributed by atoms with Gasteiger partial charge in [0, 0.05) is 5.54 Å². The highest BCUT2D eigenvalue weighted by Gasteiger charge is 2.22. The first-order valence-corrected chi connectivity index (χ1v) is 4.21. The molecular formula is C8H17BN. The molecule has 1 aliphatic rings. The van der Waals surface area contributed by atoms with Crippen molar-refractivity contribution in [1.82, 2.24) is 4.81 Å². The SMILES string of the molecule is CC(C)(C)N1[B]CCCC1. The maximum atomic E-state index is 2.45. The second-order valence-electron chi connectivity index (χ2n) is 4.04. The molecule has 1 saturated heterocycles. The molecule has 0 unspecified atom stereocenters. The molecule has 2 heteroatoms. The molecule has 0 aliphatic carbocycles. The van der Waals surface area contributed by atoms with Crippen molar-refractivity contribution in [3.05, 3.63) is 0 Å². The summed E-state index contributed by atoms with van der Waals surface area (Å²) >= 11 is 0. The van der Waals surface area contributed by atoms with Gasteiger partial charge in [-0.3, -0.25) is 0 Å². The largest absolute Gasteiger partial charge is 0.342 e. The molecule has 0 N–H and O–H groups in total. The lowest BCUT2D eigenvalue weighted by atomic mass is 9.76. The van der Waals surface area contributed by atoms with Gasteiger partial charge in [0.15, 0.2) is 0 Å². The van der Waals surface area contributed by atoms with Crippen molar-refractivity contribution >= 4 is 7.41 Å². The van der Waals surface area contributed by atoms with Gasteiger partial charge in [-0.2, -0.15) is 0 Å². The van der Waals surface area contributed by atoms with E-state index >= 15 is 0 Å². The Bertz CT molecular complexity index is 100. The molecular weight excluding hydrogens is 121 g/mol. The zero-order valence-electron chi connectivity index (χ0n) is 7.35. The van der Waals surface area contributed by atoms with Gasteiger partial charge >= 0.3 is 0 Å². The van der Waals surface area contributed by atoms with Crippen LogP contribution in [0, 0.1) is 0 Å². The van der Waals surface area contributed by atoms with Crippen molar-refractivity contribution in [1.29, 1.82) is 0 Å². The minimum Gasteiger partial charge on any atom is -0.342 e. The highest BCUT2D eigenvalue weighted by molar-refractivity contribution is 6.32. The average Bonchev–Trinajstić information content (AvgIpc) is 1.88. The van der Waals surface area contributed by atoms with E-state index < -0.39 is 0 Å². The van der Waals surface area contributed by atoms with E-state index in [0.29, 0.717) is 5.54 Å². The highest BCUT2D eigenvalue weighted by atomic mass is 15.1. The Labute approximate surface area is 65.1 Å². The monoisotopic (exact) mass is 138 g/mol. The van der Waals surface area contributed by atoms with Gasteiger partial charge in [0.25, 0.3) is 0 Å². The fraction of sp³-hybridized carbons (Fsp3) is 1.00. The molecule has 1 radical (unpaired) electrons. The van der Waals surface area contributed by atoms with E-state index in [4.69, 9.17) is 0 Å². The smallest absolute Gasteiger partial charge is 0.209 e. The van der Waals surface area contributed by atoms with Gasteiger partial charge in [-0.25, -0.2) is 0 Å². The summed E-state index contributed by atoms with van der Waals surface area (Å²) in [5.41, 5.74) is 0.348. The van der Waals surface area contributed by atoms with Crippen LogP contribution in [-0.2, 0) is 0 Å². The molecule has 1 rings (SSSR count). The first-order valence-electron chi connectivity index (χ1n) is 4.21. The Balaban J connectivity index is 2.39. The minimum atomic E-state index is 0.348. The maximum Gasteiger partial charge on any atom is 0.209 e. The van der Waals surface area contributed by atoms with Crippen LogP contribution in [0.3, 0.4) is 0 Å². The summed E-state index contributed by atoms with van der Waals surface area (Å²) in [6.07, 6.45) is 4.03. The molecule has 0 aromatic rings. The molecule has 0 atom stereocenters. The second-order valence-corrected chi connectivity index (χ2v) is 4.04. The van der Waals surface area contributed by atoms with Crippen molar-refractivity contribution < 1.29 is 0 Å². The Kier molecular flexibility index (Phi) is 2.40. The van der Waals surface area contributed by atoms with Gasteiger partial charge in [-0.1, -0.05) is 12.7 Å². The maximum absolute atomic E-state index is 2.45. The normalized spacial score (nSPS) is 22.3. The van der Waals surface area contributed by atoms with Crippen LogP contribution in [0.1, 0.15) is 33.6 Å². The van der Waals surface area contributed by atoms with Crippen molar-refractivity contribution in [3.8, 4) is 0 Å². The van der Waals surface area contributed by atoms with E-state index in [1.807, 2.05) is 0 Å². The zero-order chi connectivity index (χ0) is 7.61.